The highest BCUT2D eigenvalue weighted by Crippen LogP contribution is 2.06. The molecule has 0 saturated carbocycles. The second-order valence-electron chi connectivity index (χ2n) is 6.49. The van der Waals surface area contributed by atoms with Crippen LogP contribution in [0.5, 0.6) is 0 Å². The lowest BCUT2D eigenvalue weighted by Crippen LogP contribution is -2.47. The molecule has 0 aliphatic heterocycles. The van der Waals surface area contributed by atoms with Crippen molar-refractivity contribution in [1.29, 1.82) is 0 Å². The number of rotatable bonds is 11. The molecule has 7 heteroatoms. The van der Waals surface area contributed by atoms with Gasteiger partial charge in [-0.25, -0.2) is 13.1 Å². The topological polar surface area (TPSA) is 73.8 Å². The smallest absolute Gasteiger partial charge is 0.209 e. The first-order valence-corrected chi connectivity index (χ1v) is 10.1. The lowest BCUT2D eigenvalue weighted by Gasteiger charge is -2.26. The Morgan fingerprint density at radius 1 is 1.30 bits per heavy atom. The Balaban J connectivity index is 4.59. The number of nitrogens with zero attached hydrogens (tertiary/aromatic N) is 2. The number of aliphatic imine (C=N–C) groups is 1. The molecule has 0 aromatic rings. The van der Waals surface area contributed by atoms with E-state index in [0.717, 1.165) is 44.7 Å². The van der Waals surface area contributed by atoms with Crippen molar-refractivity contribution in [3.63, 3.8) is 0 Å². The molecular formula is C16H34N4O2S. The van der Waals surface area contributed by atoms with Crippen molar-refractivity contribution in [2.75, 3.05) is 32.9 Å². The number of allylic oxidation sites excluding steroid dienone is 1. The first kappa shape index (κ1) is 21.9. The van der Waals surface area contributed by atoms with Crippen LogP contribution >= 0.6 is 0 Å². The Bertz CT molecular complexity index is 472. The maximum Gasteiger partial charge on any atom is 0.209 e. The van der Waals surface area contributed by atoms with Gasteiger partial charge in [-0.2, -0.15) is 0 Å². The molecule has 23 heavy (non-hydrogen) atoms. The average Bonchev–Trinajstić information content (AvgIpc) is 2.40. The van der Waals surface area contributed by atoms with E-state index >= 15 is 0 Å². The highest BCUT2D eigenvalue weighted by molar-refractivity contribution is 7.88. The molecule has 0 fully saturated rings. The molecular weight excluding hydrogens is 312 g/mol. The number of hydrogen-bond acceptors (Lipinski definition) is 3. The number of unbranched alkanes of at least 4 members (excludes halogenated alkanes) is 3. The normalized spacial score (nSPS) is 13.0. The van der Waals surface area contributed by atoms with Crippen molar-refractivity contribution in [3.8, 4) is 0 Å². The maximum absolute atomic E-state index is 11.4. The van der Waals surface area contributed by atoms with Gasteiger partial charge in [0.25, 0.3) is 0 Å². The molecule has 136 valence electrons. The molecule has 0 aromatic heterocycles. The fraction of sp³-hybridized carbons (Fsp3) is 0.812. The van der Waals surface area contributed by atoms with Gasteiger partial charge in [0, 0.05) is 25.7 Å². The lowest BCUT2D eigenvalue weighted by molar-refractivity contribution is 0.438. The lowest BCUT2D eigenvalue weighted by atomic mass is 10.1. The van der Waals surface area contributed by atoms with E-state index in [1.54, 1.807) is 0 Å². The molecule has 0 aliphatic carbocycles. The zero-order chi connectivity index (χ0) is 17.9. The monoisotopic (exact) mass is 346 g/mol. The SMILES string of the molecule is C=CCCCCCN(C)C(=NCC(C)(C)NS(C)(=O)=O)NCC. The first-order chi connectivity index (χ1) is 10.6. The van der Waals surface area contributed by atoms with Gasteiger partial charge in [-0.3, -0.25) is 4.99 Å². The minimum atomic E-state index is -3.25. The van der Waals surface area contributed by atoms with Crippen molar-refractivity contribution in [2.45, 2.75) is 52.0 Å². The summed E-state index contributed by atoms with van der Waals surface area (Å²) in [6, 6.07) is 0. The zero-order valence-electron chi connectivity index (χ0n) is 15.4. The van der Waals surface area contributed by atoms with Crippen LogP contribution in [-0.2, 0) is 10.0 Å². The third-order valence-electron chi connectivity index (χ3n) is 3.18. The molecule has 0 bridgehead atoms. The van der Waals surface area contributed by atoms with E-state index in [2.05, 4.69) is 26.5 Å². The number of sulfonamides is 1. The largest absolute Gasteiger partial charge is 0.357 e. The van der Waals surface area contributed by atoms with Crippen LogP contribution in [0, 0.1) is 0 Å². The van der Waals surface area contributed by atoms with Gasteiger partial charge in [0.2, 0.25) is 10.0 Å². The summed E-state index contributed by atoms with van der Waals surface area (Å²) in [5.41, 5.74) is -0.612. The molecule has 0 atom stereocenters. The Labute approximate surface area is 142 Å². The Morgan fingerprint density at radius 2 is 1.96 bits per heavy atom. The summed E-state index contributed by atoms with van der Waals surface area (Å²) in [6.07, 6.45) is 7.60. The number of nitrogens with one attached hydrogen (secondary N) is 2. The van der Waals surface area contributed by atoms with Gasteiger partial charge in [0.15, 0.2) is 5.96 Å². The van der Waals surface area contributed by atoms with E-state index in [1.165, 1.54) is 6.26 Å². The van der Waals surface area contributed by atoms with E-state index in [9.17, 15) is 8.42 Å². The Morgan fingerprint density at radius 3 is 2.48 bits per heavy atom. The van der Waals surface area contributed by atoms with E-state index in [1.807, 2.05) is 33.9 Å². The molecule has 0 amide bonds. The summed E-state index contributed by atoms with van der Waals surface area (Å²) in [7, 11) is -1.24. The van der Waals surface area contributed by atoms with E-state index < -0.39 is 15.6 Å². The fourth-order valence-corrected chi connectivity index (χ4v) is 3.27. The van der Waals surface area contributed by atoms with Crippen LogP contribution in [0.2, 0.25) is 0 Å². The van der Waals surface area contributed by atoms with Crippen molar-refractivity contribution in [3.05, 3.63) is 12.7 Å². The molecule has 2 N–H and O–H groups in total. The van der Waals surface area contributed by atoms with Crippen LogP contribution in [0.25, 0.3) is 0 Å². The molecule has 0 heterocycles. The van der Waals surface area contributed by atoms with E-state index in [0.29, 0.717) is 6.54 Å². The molecule has 0 radical (unpaired) electrons. The van der Waals surface area contributed by atoms with Crippen LogP contribution in [0.15, 0.2) is 17.6 Å². The second kappa shape index (κ2) is 10.6. The van der Waals surface area contributed by atoms with Crippen LogP contribution in [0.1, 0.15) is 46.5 Å². The van der Waals surface area contributed by atoms with Gasteiger partial charge < -0.3 is 10.2 Å². The summed E-state index contributed by atoms with van der Waals surface area (Å²) >= 11 is 0. The van der Waals surface area contributed by atoms with Gasteiger partial charge in [-0.15, -0.1) is 6.58 Å². The van der Waals surface area contributed by atoms with Crippen LogP contribution in [0.3, 0.4) is 0 Å². The highest BCUT2D eigenvalue weighted by atomic mass is 32.2. The van der Waals surface area contributed by atoms with E-state index in [-0.39, 0.29) is 0 Å². The van der Waals surface area contributed by atoms with Crippen molar-refractivity contribution in [2.24, 2.45) is 4.99 Å². The molecule has 0 saturated heterocycles. The van der Waals surface area contributed by atoms with Crippen molar-refractivity contribution in [1.82, 2.24) is 14.9 Å². The van der Waals surface area contributed by atoms with Gasteiger partial charge in [0.1, 0.15) is 0 Å². The summed E-state index contributed by atoms with van der Waals surface area (Å²) in [6.45, 7) is 11.5. The van der Waals surface area contributed by atoms with Crippen LogP contribution in [-0.4, -0.2) is 57.8 Å². The summed E-state index contributed by atoms with van der Waals surface area (Å²) in [5.74, 6) is 0.805. The van der Waals surface area contributed by atoms with E-state index in [4.69, 9.17) is 0 Å². The van der Waals surface area contributed by atoms with Crippen LogP contribution < -0.4 is 10.0 Å². The maximum atomic E-state index is 11.4. The number of guanidine groups is 1. The fourth-order valence-electron chi connectivity index (χ4n) is 2.20. The van der Waals surface area contributed by atoms with Crippen molar-refractivity contribution < 1.29 is 8.42 Å². The van der Waals surface area contributed by atoms with Gasteiger partial charge >= 0.3 is 0 Å². The van der Waals surface area contributed by atoms with Gasteiger partial charge in [-0.1, -0.05) is 12.5 Å². The molecule has 0 aromatic carbocycles. The van der Waals surface area contributed by atoms with Gasteiger partial charge in [0.05, 0.1) is 12.8 Å². The predicted molar refractivity (Wildman–Crippen MR) is 99.3 cm³/mol. The number of hydrogen-bond donors (Lipinski definition) is 2. The third-order valence-corrected chi connectivity index (χ3v) is 4.11. The Hall–Kier alpha value is -1.08. The molecule has 0 spiro atoms. The first-order valence-electron chi connectivity index (χ1n) is 8.20. The highest BCUT2D eigenvalue weighted by Gasteiger charge is 2.22. The van der Waals surface area contributed by atoms with Crippen LogP contribution in [0.4, 0.5) is 0 Å². The Kier molecular flexibility index (Phi) is 10.1. The molecule has 0 rings (SSSR count). The minimum Gasteiger partial charge on any atom is -0.357 e. The summed E-state index contributed by atoms with van der Waals surface area (Å²) < 4.78 is 25.4. The third kappa shape index (κ3) is 12.1. The molecule has 6 nitrogen and oxygen atoms in total. The predicted octanol–water partition coefficient (Wildman–Crippen LogP) is 1.96. The zero-order valence-corrected chi connectivity index (χ0v) is 16.2. The average molecular weight is 347 g/mol. The molecule has 0 unspecified atom stereocenters. The standard InChI is InChI=1S/C16H34N4O2S/c1-7-9-10-11-12-13-20(5)15(17-8-2)18-14-16(3,4)19-23(6,21)22/h7,19H,1,8-14H2,2-6H3,(H,17,18). The van der Waals surface area contributed by atoms with Gasteiger partial charge in [-0.05, 0) is 40.0 Å². The summed E-state index contributed by atoms with van der Waals surface area (Å²) in [4.78, 5) is 6.66. The quantitative estimate of drug-likeness (QED) is 0.260. The molecule has 0 aliphatic rings. The van der Waals surface area contributed by atoms with Crippen molar-refractivity contribution >= 4 is 16.0 Å². The summed E-state index contributed by atoms with van der Waals surface area (Å²) in [5, 5.41) is 3.25. The second-order valence-corrected chi connectivity index (χ2v) is 8.24. The minimum absolute atomic E-state index is 0.378.